The van der Waals surface area contributed by atoms with Crippen LogP contribution < -0.4 is 0 Å². The summed E-state index contributed by atoms with van der Waals surface area (Å²) in [6, 6.07) is 0. The molecule has 76 valence electrons. The van der Waals surface area contributed by atoms with Crippen LogP contribution in [0.15, 0.2) is 0 Å². The Morgan fingerprint density at radius 1 is 1.69 bits per heavy atom. The van der Waals surface area contributed by atoms with Crippen LogP contribution in [0.5, 0.6) is 0 Å². The monoisotopic (exact) mass is 187 g/mol. The molecule has 1 rings (SSSR count). The van der Waals surface area contributed by atoms with E-state index >= 15 is 0 Å². The average Bonchev–Trinajstić information content (AvgIpc) is 2.48. The molecule has 1 aliphatic rings. The topological polar surface area (TPSA) is 49.8 Å². The predicted molar refractivity (Wildman–Crippen MR) is 48.3 cm³/mol. The smallest absolute Gasteiger partial charge is 0.222 e. The lowest BCUT2D eigenvalue weighted by molar-refractivity contribution is -0.128. The van der Waals surface area contributed by atoms with Gasteiger partial charge < -0.3 is 14.7 Å². The SMILES string of the molecule is COCC(O)CCN1CCCC1=O. The van der Waals surface area contributed by atoms with Gasteiger partial charge in [0.2, 0.25) is 5.91 Å². The van der Waals surface area contributed by atoms with Crippen LogP contribution in [-0.2, 0) is 9.53 Å². The molecule has 4 nitrogen and oxygen atoms in total. The number of aliphatic hydroxyl groups excluding tert-OH is 1. The van der Waals surface area contributed by atoms with Gasteiger partial charge in [-0.05, 0) is 12.8 Å². The van der Waals surface area contributed by atoms with Crippen molar-refractivity contribution in [3.05, 3.63) is 0 Å². The summed E-state index contributed by atoms with van der Waals surface area (Å²) >= 11 is 0. The van der Waals surface area contributed by atoms with Gasteiger partial charge in [-0.3, -0.25) is 4.79 Å². The molecule has 1 atom stereocenters. The minimum atomic E-state index is -0.446. The van der Waals surface area contributed by atoms with Crippen molar-refractivity contribution in [1.29, 1.82) is 0 Å². The molecule has 0 bridgehead atoms. The van der Waals surface area contributed by atoms with Gasteiger partial charge in [-0.1, -0.05) is 0 Å². The Morgan fingerprint density at radius 3 is 3.00 bits per heavy atom. The second-order valence-corrected chi connectivity index (χ2v) is 3.38. The highest BCUT2D eigenvalue weighted by Crippen LogP contribution is 2.10. The number of methoxy groups -OCH3 is 1. The lowest BCUT2D eigenvalue weighted by Crippen LogP contribution is -2.29. The Kier molecular flexibility index (Phi) is 4.18. The maximum absolute atomic E-state index is 11.2. The van der Waals surface area contributed by atoms with Gasteiger partial charge in [0.25, 0.3) is 0 Å². The number of aliphatic hydroxyl groups is 1. The number of nitrogens with zero attached hydrogens (tertiary/aromatic N) is 1. The molecule has 1 amide bonds. The van der Waals surface area contributed by atoms with Crippen molar-refractivity contribution in [1.82, 2.24) is 4.90 Å². The van der Waals surface area contributed by atoms with E-state index in [0.717, 1.165) is 13.0 Å². The van der Waals surface area contributed by atoms with Crippen LogP contribution >= 0.6 is 0 Å². The molecule has 1 aliphatic heterocycles. The molecule has 0 aliphatic carbocycles. The summed E-state index contributed by atoms with van der Waals surface area (Å²) in [7, 11) is 1.56. The molecular weight excluding hydrogens is 170 g/mol. The number of hydrogen-bond donors (Lipinski definition) is 1. The molecular formula is C9H17NO3. The fourth-order valence-electron chi connectivity index (χ4n) is 1.52. The maximum atomic E-state index is 11.2. The molecule has 0 aromatic carbocycles. The lowest BCUT2D eigenvalue weighted by Gasteiger charge is -2.17. The van der Waals surface area contributed by atoms with Gasteiger partial charge in [0.15, 0.2) is 0 Å². The summed E-state index contributed by atoms with van der Waals surface area (Å²) in [5, 5.41) is 9.33. The third-order valence-electron chi connectivity index (χ3n) is 2.26. The van der Waals surface area contributed by atoms with Crippen LogP contribution in [0.25, 0.3) is 0 Å². The Hall–Kier alpha value is -0.610. The summed E-state index contributed by atoms with van der Waals surface area (Å²) in [6.07, 6.45) is 1.79. The fraction of sp³-hybridized carbons (Fsp3) is 0.889. The minimum Gasteiger partial charge on any atom is -0.391 e. The van der Waals surface area contributed by atoms with Crippen molar-refractivity contribution in [2.24, 2.45) is 0 Å². The molecule has 13 heavy (non-hydrogen) atoms. The zero-order valence-electron chi connectivity index (χ0n) is 8.03. The molecule has 1 N–H and O–H groups in total. The van der Waals surface area contributed by atoms with Crippen LogP contribution in [-0.4, -0.2) is 48.8 Å². The molecule has 1 fully saturated rings. The van der Waals surface area contributed by atoms with Crippen molar-refractivity contribution in [3.8, 4) is 0 Å². The van der Waals surface area contributed by atoms with Gasteiger partial charge in [0, 0.05) is 26.6 Å². The van der Waals surface area contributed by atoms with Gasteiger partial charge in [-0.25, -0.2) is 0 Å². The summed E-state index contributed by atoms with van der Waals surface area (Å²) < 4.78 is 4.79. The Labute approximate surface area is 78.5 Å². The van der Waals surface area contributed by atoms with E-state index in [9.17, 15) is 9.90 Å². The number of rotatable bonds is 5. The van der Waals surface area contributed by atoms with Crippen LogP contribution in [0, 0.1) is 0 Å². The quantitative estimate of drug-likeness (QED) is 0.659. The van der Waals surface area contributed by atoms with Gasteiger partial charge in [-0.2, -0.15) is 0 Å². The largest absolute Gasteiger partial charge is 0.391 e. The Bertz CT molecular complexity index is 172. The highest BCUT2D eigenvalue weighted by atomic mass is 16.5. The molecule has 1 unspecified atom stereocenters. The first-order chi connectivity index (χ1) is 6.24. The second kappa shape index (κ2) is 5.19. The third-order valence-corrected chi connectivity index (χ3v) is 2.26. The number of hydrogen-bond acceptors (Lipinski definition) is 3. The Balaban J connectivity index is 2.14. The number of amides is 1. The molecule has 0 spiro atoms. The van der Waals surface area contributed by atoms with Gasteiger partial charge in [-0.15, -0.1) is 0 Å². The van der Waals surface area contributed by atoms with Crippen LogP contribution in [0.2, 0.25) is 0 Å². The fourth-order valence-corrected chi connectivity index (χ4v) is 1.52. The van der Waals surface area contributed by atoms with Crippen molar-refractivity contribution in [2.75, 3.05) is 26.8 Å². The second-order valence-electron chi connectivity index (χ2n) is 3.38. The van der Waals surface area contributed by atoms with Crippen molar-refractivity contribution >= 4 is 5.91 Å². The maximum Gasteiger partial charge on any atom is 0.222 e. The van der Waals surface area contributed by atoms with E-state index in [-0.39, 0.29) is 5.91 Å². The first kappa shape index (κ1) is 10.5. The van der Waals surface area contributed by atoms with Crippen molar-refractivity contribution in [2.45, 2.75) is 25.4 Å². The lowest BCUT2D eigenvalue weighted by atomic mass is 10.2. The highest BCUT2D eigenvalue weighted by molar-refractivity contribution is 5.77. The number of likely N-dealkylation sites (tertiary alicyclic amines) is 1. The van der Waals surface area contributed by atoms with E-state index in [0.29, 0.717) is 26.0 Å². The molecule has 4 heteroatoms. The van der Waals surface area contributed by atoms with E-state index in [4.69, 9.17) is 4.74 Å². The first-order valence-corrected chi connectivity index (χ1v) is 4.69. The van der Waals surface area contributed by atoms with Crippen molar-refractivity contribution in [3.63, 3.8) is 0 Å². The third kappa shape index (κ3) is 3.32. The van der Waals surface area contributed by atoms with Crippen LogP contribution in [0.4, 0.5) is 0 Å². The van der Waals surface area contributed by atoms with Crippen LogP contribution in [0.3, 0.4) is 0 Å². The molecule has 0 aromatic rings. The number of ether oxygens (including phenoxy) is 1. The summed E-state index contributed by atoms with van der Waals surface area (Å²) in [5.41, 5.74) is 0. The van der Waals surface area contributed by atoms with E-state index in [2.05, 4.69) is 0 Å². The van der Waals surface area contributed by atoms with E-state index in [1.807, 2.05) is 0 Å². The molecule has 1 saturated heterocycles. The normalized spacial score (nSPS) is 19.5. The predicted octanol–water partition coefficient (Wildman–Crippen LogP) is 0.00620. The summed E-state index contributed by atoms with van der Waals surface area (Å²) in [6.45, 7) is 1.85. The number of carbonyl (C=O) groups is 1. The van der Waals surface area contributed by atoms with Crippen LogP contribution in [0.1, 0.15) is 19.3 Å². The summed E-state index contributed by atoms with van der Waals surface area (Å²) in [5.74, 6) is 0.213. The first-order valence-electron chi connectivity index (χ1n) is 4.69. The number of carbonyl (C=O) groups excluding carboxylic acids is 1. The van der Waals surface area contributed by atoms with E-state index in [1.165, 1.54) is 0 Å². The minimum absolute atomic E-state index is 0.213. The molecule has 0 aromatic heterocycles. The zero-order valence-corrected chi connectivity index (χ0v) is 8.03. The van der Waals surface area contributed by atoms with Gasteiger partial charge >= 0.3 is 0 Å². The Morgan fingerprint density at radius 2 is 2.46 bits per heavy atom. The standard InChI is InChI=1S/C9H17NO3/c1-13-7-8(11)4-6-10-5-2-3-9(10)12/h8,11H,2-7H2,1H3. The van der Waals surface area contributed by atoms with Crippen molar-refractivity contribution < 1.29 is 14.6 Å². The summed E-state index contributed by atoms with van der Waals surface area (Å²) in [4.78, 5) is 13.0. The molecule has 0 saturated carbocycles. The van der Waals surface area contributed by atoms with E-state index in [1.54, 1.807) is 12.0 Å². The van der Waals surface area contributed by atoms with Gasteiger partial charge in [0.05, 0.1) is 12.7 Å². The molecule has 1 heterocycles. The average molecular weight is 187 g/mol. The molecule has 0 radical (unpaired) electrons. The zero-order chi connectivity index (χ0) is 9.68. The highest BCUT2D eigenvalue weighted by Gasteiger charge is 2.20. The van der Waals surface area contributed by atoms with E-state index < -0.39 is 6.10 Å². The van der Waals surface area contributed by atoms with Gasteiger partial charge in [0.1, 0.15) is 0 Å².